The number of hydrogen-bond acceptors (Lipinski definition) is 1. The van der Waals surface area contributed by atoms with Crippen LogP contribution in [0, 0.1) is 0 Å². The molecule has 1 fully saturated rings. The first-order valence-electron chi connectivity index (χ1n) is 8.88. The molecule has 0 unspecified atom stereocenters. The van der Waals surface area contributed by atoms with Gasteiger partial charge in [0.1, 0.15) is 6.54 Å². The van der Waals surface area contributed by atoms with Crippen molar-refractivity contribution >= 4 is 28.7 Å². The number of rotatable bonds is 4. The van der Waals surface area contributed by atoms with Crippen LogP contribution in [0.1, 0.15) is 5.56 Å². The van der Waals surface area contributed by atoms with E-state index in [-0.39, 0.29) is 0 Å². The van der Waals surface area contributed by atoms with Crippen molar-refractivity contribution in [3.8, 4) is 0 Å². The first kappa shape index (κ1) is 16.8. The first-order valence-corrected chi connectivity index (χ1v) is 9.29. The van der Waals surface area contributed by atoms with E-state index >= 15 is 0 Å². The van der Waals surface area contributed by atoms with Gasteiger partial charge in [-0.05, 0) is 36.5 Å². The fourth-order valence-corrected chi connectivity index (χ4v) is 3.73. The van der Waals surface area contributed by atoms with Gasteiger partial charge in [0.15, 0.2) is 18.4 Å². The van der Waals surface area contributed by atoms with E-state index in [0.717, 1.165) is 36.4 Å². The predicted molar refractivity (Wildman–Crippen MR) is 111 cm³/mol. The zero-order valence-corrected chi connectivity index (χ0v) is 15.4. The molecule has 0 aliphatic carbocycles. The molecule has 3 aromatic rings. The van der Waals surface area contributed by atoms with Gasteiger partial charge in [-0.1, -0.05) is 66.7 Å². The molecular formula is C22H22N3S+. The van der Waals surface area contributed by atoms with E-state index in [1.165, 1.54) is 10.5 Å². The average molecular weight is 361 g/mol. The molecule has 0 atom stereocenters. The summed E-state index contributed by atoms with van der Waals surface area (Å²) in [6, 6.07) is 31.5. The Hall–Kier alpha value is -2.69. The Morgan fingerprint density at radius 2 is 1.08 bits per heavy atom. The second-order valence-corrected chi connectivity index (χ2v) is 6.90. The summed E-state index contributed by atoms with van der Waals surface area (Å²) in [4.78, 5) is 5.94. The lowest BCUT2D eigenvalue weighted by atomic mass is 10.2. The van der Waals surface area contributed by atoms with Gasteiger partial charge in [-0.25, -0.2) is 0 Å². The fourth-order valence-electron chi connectivity index (χ4n) is 3.39. The molecule has 4 heteroatoms. The van der Waals surface area contributed by atoms with Gasteiger partial charge >= 0.3 is 0 Å². The fraction of sp³-hybridized carbons (Fsp3) is 0.136. The van der Waals surface area contributed by atoms with Crippen LogP contribution in [0.3, 0.4) is 0 Å². The quantitative estimate of drug-likeness (QED) is 0.717. The molecule has 0 saturated carbocycles. The second kappa shape index (κ2) is 7.68. The third-order valence-corrected chi connectivity index (χ3v) is 5.10. The third-order valence-electron chi connectivity index (χ3n) is 4.66. The first-order chi connectivity index (χ1) is 12.8. The van der Waals surface area contributed by atoms with Crippen molar-refractivity contribution < 1.29 is 4.90 Å². The van der Waals surface area contributed by atoms with Crippen LogP contribution in [0.25, 0.3) is 0 Å². The number of quaternary nitrogens is 1. The topological polar surface area (TPSA) is 10.9 Å². The zero-order valence-electron chi connectivity index (χ0n) is 14.6. The molecule has 130 valence electrons. The Labute approximate surface area is 160 Å². The molecule has 4 rings (SSSR count). The maximum atomic E-state index is 5.87. The monoisotopic (exact) mass is 360 g/mol. The van der Waals surface area contributed by atoms with Crippen LogP contribution in [0.5, 0.6) is 0 Å². The van der Waals surface area contributed by atoms with Gasteiger partial charge in [-0.15, -0.1) is 0 Å². The van der Waals surface area contributed by atoms with E-state index in [4.69, 9.17) is 12.2 Å². The Bertz CT molecular complexity index is 801. The average Bonchev–Trinajstić information content (AvgIpc) is 2.71. The Morgan fingerprint density at radius 3 is 1.54 bits per heavy atom. The molecule has 0 spiro atoms. The van der Waals surface area contributed by atoms with Crippen LogP contribution in [0.4, 0.5) is 11.4 Å². The smallest absolute Gasteiger partial charge is 0.189 e. The van der Waals surface area contributed by atoms with Crippen molar-refractivity contribution in [1.82, 2.24) is 0 Å². The Kier molecular flexibility index (Phi) is 4.95. The van der Waals surface area contributed by atoms with Crippen LogP contribution in [0.2, 0.25) is 0 Å². The van der Waals surface area contributed by atoms with Crippen LogP contribution < -0.4 is 14.7 Å². The number of anilines is 2. The molecule has 3 nitrogen and oxygen atoms in total. The van der Waals surface area contributed by atoms with E-state index in [0.29, 0.717) is 0 Å². The number of thiocarbonyl (C=S) groups is 1. The summed E-state index contributed by atoms with van der Waals surface area (Å²) in [5.74, 6) is 0. The van der Waals surface area contributed by atoms with Crippen molar-refractivity contribution in [3.05, 3.63) is 96.6 Å². The Balaban J connectivity index is 1.65. The zero-order chi connectivity index (χ0) is 17.8. The molecule has 1 saturated heterocycles. The highest BCUT2D eigenvalue weighted by Crippen LogP contribution is 2.21. The second-order valence-electron chi connectivity index (χ2n) is 6.54. The molecular weight excluding hydrogens is 338 g/mol. The van der Waals surface area contributed by atoms with Crippen molar-refractivity contribution in [3.63, 3.8) is 0 Å². The normalized spacial score (nSPS) is 15.3. The van der Waals surface area contributed by atoms with Gasteiger partial charge in [0.05, 0.1) is 0 Å². The third kappa shape index (κ3) is 3.62. The van der Waals surface area contributed by atoms with Crippen molar-refractivity contribution in [2.45, 2.75) is 6.54 Å². The van der Waals surface area contributed by atoms with E-state index in [1.54, 1.807) is 0 Å². The standard InChI is InChI=1S/C22H21N3S/c26-22-24(20-12-6-2-7-13-20)17-23(16-19-10-4-1-5-11-19)18-25(22)21-14-8-3-9-15-21/h1-15H,16-18H2/p+1. The maximum absolute atomic E-state index is 5.87. The van der Waals surface area contributed by atoms with Crippen LogP contribution in [0.15, 0.2) is 91.0 Å². The number of hydrogen-bond donors (Lipinski definition) is 1. The summed E-state index contributed by atoms with van der Waals surface area (Å²) >= 11 is 5.87. The molecule has 1 heterocycles. The SMILES string of the molecule is S=C1N(c2ccccc2)C[NH+](Cc2ccccc2)CN1c1ccccc1. The van der Waals surface area contributed by atoms with Gasteiger partial charge < -0.3 is 0 Å². The Morgan fingerprint density at radius 1 is 0.654 bits per heavy atom. The minimum atomic E-state index is 0.860. The van der Waals surface area contributed by atoms with E-state index in [1.807, 2.05) is 12.1 Å². The highest BCUT2D eigenvalue weighted by molar-refractivity contribution is 7.80. The van der Waals surface area contributed by atoms with E-state index in [9.17, 15) is 0 Å². The van der Waals surface area contributed by atoms with Crippen molar-refractivity contribution in [2.75, 3.05) is 23.1 Å². The van der Waals surface area contributed by atoms with Gasteiger partial charge in [-0.2, -0.15) is 0 Å². The lowest BCUT2D eigenvalue weighted by Crippen LogP contribution is -3.16. The van der Waals surface area contributed by atoms with Gasteiger partial charge in [0.25, 0.3) is 0 Å². The van der Waals surface area contributed by atoms with Gasteiger partial charge in [0, 0.05) is 16.9 Å². The summed E-state index contributed by atoms with van der Waals surface area (Å²) < 4.78 is 0. The molecule has 1 aliphatic heterocycles. The summed E-state index contributed by atoms with van der Waals surface area (Å²) in [6.07, 6.45) is 0. The predicted octanol–water partition coefficient (Wildman–Crippen LogP) is 3.30. The molecule has 1 aliphatic rings. The number of benzene rings is 3. The van der Waals surface area contributed by atoms with E-state index < -0.39 is 0 Å². The largest absolute Gasteiger partial charge is 0.296 e. The molecule has 1 N–H and O–H groups in total. The molecule has 3 aromatic carbocycles. The van der Waals surface area contributed by atoms with Gasteiger partial charge in [0.2, 0.25) is 0 Å². The molecule has 0 bridgehead atoms. The molecule has 0 radical (unpaired) electrons. The summed E-state index contributed by atoms with van der Waals surface area (Å²) in [5.41, 5.74) is 3.63. The lowest BCUT2D eigenvalue weighted by Gasteiger charge is -2.41. The lowest BCUT2D eigenvalue weighted by molar-refractivity contribution is -0.913. The highest BCUT2D eigenvalue weighted by atomic mass is 32.1. The van der Waals surface area contributed by atoms with Crippen LogP contribution >= 0.6 is 12.2 Å². The molecule has 0 amide bonds. The van der Waals surface area contributed by atoms with E-state index in [2.05, 4.69) is 88.7 Å². The number of para-hydroxylation sites is 2. The van der Waals surface area contributed by atoms with Gasteiger partial charge in [-0.3, -0.25) is 14.7 Å². The van der Waals surface area contributed by atoms with Crippen molar-refractivity contribution in [1.29, 1.82) is 0 Å². The van der Waals surface area contributed by atoms with Crippen LogP contribution in [-0.4, -0.2) is 18.4 Å². The van der Waals surface area contributed by atoms with Crippen molar-refractivity contribution in [2.24, 2.45) is 0 Å². The summed E-state index contributed by atoms with van der Waals surface area (Å²) in [6.45, 7) is 2.69. The number of nitrogens with one attached hydrogen (secondary N) is 1. The minimum Gasteiger partial charge on any atom is -0.296 e. The molecule has 0 aromatic heterocycles. The number of nitrogens with zero attached hydrogens (tertiary/aromatic N) is 2. The van der Waals surface area contributed by atoms with Crippen LogP contribution in [-0.2, 0) is 6.54 Å². The molecule has 26 heavy (non-hydrogen) atoms. The summed E-state index contributed by atoms with van der Waals surface area (Å²) in [5, 5.41) is 0.860. The summed E-state index contributed by atoms with van der Waals surface area (Å²) in [7, 11) is 0. The minimum absolute atomic E-state index is 0.860. The highest BCUT2D eigenvalue weighted by Gasteiger charge is 2.31. The maximum Gasteiger partial charge on any atom is 0.189 e.